The Balaban J connectivity index is 2.21. The van der Waals surface area contributed by atoms with Gasteiger partial charge < -0.3 is 14.6 Å². The number of methoxy groups -OCH3 is 1. The maximum atomic E-state index is 10.4. The first-order valence-electron chi connectivity index (χ1n) is 6.04. The van der Waals surface area contributed by atoms with Crippen LogP contribution in [0.15, 0.2) is 6.20 Å². The van der Waals surface area contributed by atoms with Crippen LogP contribution in [0, 0.1) is 5.92 Å². The smallest absolute Gasteiger partial charge is 0.162 e. The Hall–Kier alpha value is -1.07. The lowest BCUT2D eigenvalue weighted by molar-refractivity contribution is -0.0500. The van der Waals surface area contributed by atoms with Gasteiger partial charge in [0, 0.05) is 13.7 Å². The van der Waals surface area contributed by atoms with E-state index < -0.39 is 6.10 Å². The highest BCUT2D eigenvalue weighted by Crippen LogP contribution is 2.41. The number of aliphatic hydroxyl groups is 1. The van der Waals surface area contributed by atoms with E-state index in [1.54, 1.807) is 25.0 Å². The van der Waals surface area contributed by atoms with E-state index in [9.17, 15) is 5.11 Å². The van der Waals surface area contributed by atoms with Crippen LogP contribution < -0.4 is 4.74 Å². The number of aromatic nitrogens is 2. The van der Waals surface area contributed by atoms with Gasteiger partial charge in [-0.1, -0.05) is 0 Å². The van der Waals surface area contributed by atoms with Crippen molar-refractivity contribution in [3.63, 3.8) is 0 Å². The minimum atomic E-state index is -0.676. The Morgan fingerprint density at radius 1 is 1.59 bits per heavy atom. The van der Waals surface area contributed by atoms with E-state index >= 15 is 0 Å². The van der Waals surface area contributed by atoms with Crippen molar-refractivity contribution in [3.05, 3.63) is 11.9 Å². The summed E-state index contributed by atoms with van der Waals surface area (Å²) in [5.41, 5.74) is 0.692. The van der Waals surface area contributed by atoms with Gasteiger partial charge in [-0.3, -0.25) is 4.68 Å². The molecule has 2 unspecified atom stereocenters. The van der Waals surface area contributed by atoms with Gasteiger partial charge in [0.25, 0.3) is 0 Å². The summed E-state index contributed by atoms with van der Waals surface area (Å²) in [7, 11) is 3.39. The Morgan fingerprint density at radius 2 is 2.29 bits per heavy atom. The molecule has 0 radical (unpaired) electrons. The first-order chi connectivity index (χ1) is 8.19. The van der Waals surface area contributed by atoms with Gasteiger partial charge in [-0.15, -0.1) is 0 Å². The van der Waals surface area contributed by atoms with Crippen LogP contribution in [-0.2, 0) is 11.8 Å². The van der Waals surface area contributed by atoms with Crippen LogP contribution in [0.4, 0.5) is 0 Å². The van der Waals surface area contributed by atoms with E-state index in [2.05, 4.69) is 5.10 Å². The van der Waals surface area contributed by atoms with Gasteiger partial charge in [-0.25, -0.2) is 0 Å². The van der Waals surface area contributed by atoms with Gasteiger partial charge in [0.1, 0.15) is 11.8 Å². The number of ether oxygens (including phenoxy) is 2. The zero-order chi connectivity index (χ0) is 12.4. The van der Waals surface area contributed by atoms with E-state index in [1.165, 1.54) is 0 Å². The molecule has 1 aromatic heterocycles. The maximum absolute atomic E-state index is 10.4. The fourth-order valence-corrected chi connectivity index (χ4v) is 2.18. The molecule has 0 aliphatic heterocycles. The van der Waals surface area contributed by atoms with Crippen LogP contribution >= 0.6 is 0 Å². The van der Waals surface area contributed by atoms with E-state index in [4.69, 9.17) is 9.47 Å². The fourth-order valence-electron chi connectivity index (χ4n) is 2.18. The molecule has 17 heavy (non-hydrogen) atoms. The number of hydrogen-bond donors (Lipinski definition) is 1. The molecule has 1 aliphatic carbocycles. The van der Waals surface area contributed by atoms with Gasteiger partial charge in [-0.2, -0.15) is 5.10 Å². The third-order valence-electron chi connectivity index (χ3n) is 3.21. The van der Waals surface area contributed by atoms with Crippen molar-refractivity contribution in [2.75, 3.05) is 13.7 Å². The normalized spacial score (nSPS) is 19.1. The molecular formula is C12H20N2O3. The highest BCUT2D eigenvalue weighted by atomic mass is 16.5. The lowest BCUT2D eigenvalue weighted by Crippen LogP contribution is -2.26. The summed E-state index contributed by atoms with van der Waals surface area (Å²) in [6.07, 6.45) is 3.05. The molecular weight excluding hydrogens is 220 g/mol. The Kier molecular flexibility index (Phi) is 3.69. The number of rotatable bonds is 6. The first kappa shape index (κ1) is 12.4. The summed E-state index contributed by atoms with van der Waals surface area (Å²) in [4.78, 5) is 0. The molecule has 5 heteroatoms. The third kappa shape index (κ3) is 2.45. The molecule has 0 saturated heterocycles. The molecule has 96 valence electrons. The molecule has 0 spiro atoms. The van der Waals surface area contributed by atoms with Crippen LogP contribution in [0.1, 0.15) is 31.6 Å². The van der Waals surface area contributed by atoms with Gasteiger partial charge >= 0.3 is 0 Å². The van der Waals surface area contributed by atoms with Crippen LogP contribution in [0.5, 0.6) is 5.75 Å². The van der Waals surface area contributed by atoms with E-state index in [1.807, 2.05) is 6.92 Å². The molecule has 0 bridgehead atoms. The minimum absolute atomic E-state index is 0.149. The summed E-state index contributed by atoms with van der Waals surface area (Å²) in [6.45, 7) is 2.56. The predicted octanol–water partition coefficient (Wildman–Crippen LogP) is 1.28. The summed E-state index contributed by atoms with van der Waals surface area (Å²) in [6, 6.07) is 0. The van der Waals surface area contributed by atoms with Gasteiger partial charge in [0.05, 0.1) is 19.4 Å². The SMILES string of the molecule is CCOC(C1CC1)C(O)c1c(OC)cnn1C. The molecule has 1 saturated carbocycles. The second-order valence-corrected chi connectivity index (χ2v) is 4.42. The van der Waals surface area contributed by atoms with Crippen molar-refractivity contribution in [2.45, 2.75) is 32.0 Å². The van der Waals surface area contributed by atoms with Crippen molar-refractivity contribution >= 4 is 0 Å². The second kappa shape index (κ2) is 5.06. The number of nitrogens with zero attached hydrogens (tertiary/aromatic N) is 2. The molecule has 1 fully saturated rings. The first-order valence-corrected chi connectivity index (χ1v) is 6.04. The van der Waals surface area contributed by atoms with Crippen molar-refractivity contribution in [1.82, 2.24) is 9.78 Å². The molecule has 2 rings (SSSR count). The van der Waals surface area contributed by atoms with Crippen molar-refractivity contribution in [3.8, 4) is 5.75 Å². The number of aryl methyl sites for hydroxylation is 1. The van der Waals surface area contributed by atoms with Gasteiger partial charge in [0.15, 0.2) is 5.75 Å². The zero-order valence-electron chi connectivity index (χ0n) is 10.6. The monoisotopic (exact) mass is 240 g/mol. The predicted molar refractivity (Wildman–Crippen MR) is 62.9 cm³/mol. The second-order valence-electron chi connectivity index (χ2n) is 4.42. The molecule has 2 atom stereocenters. The Labute approximate surface area is 101 Å². The maximum Gasteiger partial charge on any atom is 0.162 e. The van der Waals surface area contributed by atoms with Crippen LogP contribution in [0.25, 0.3) is 0 Å². The van der Waals surface area contributed by atoms with Crippen molar-refractivity contribution in [2.24, 2.45) is 13.0 Å². The quantitative estimate of drug-likeness (QED) is 0.813. The van der Waals surface area contributed by atoms with Gasteiger partial charge in [0.2, 0.25) is 0 Å². The molecule has 5 nitrogen and oxygen atoms in total. The summed E-state index contributed by atoms with van der Waals surface area (Å²) < 4.78 is 12.5. The lowest BCUT2D eigenvalue weighted by atomic mass is 10.1. The summed E-state index contributed by atoms with van der Waals surface area (Å²) in [5.74, 6) is 1.08. The topological polar surface area (TPSA) is 56.5 Å². The van der Waals surface area contributed by atoms with E-state index in [0.717, 1.165) is 12.8 Å². The van der Waals surface area contributed by atoms with Gasteiger partial charge in [-0.05, 0) is 25.7 Å². The van der Waals surface area contributed by atoms with Crippen LogP contribution in [0.2, 0.25) is 0 Å². The standard InChI is InChI=1S/C12H20N2O3/c1-4-17-12(8-5-6-8)11(15)10-9(16-3)7-13-14(10)2/h7-8,11-12,15H,4-6H2,1-3H3. The van der Waals surface area contributed by atoms with Crippen molar-refractivity contribution < 1.29 is 14.6 Å². The molecule has 1 N–H and O–H groups in total. The summed E-state index contributed by atoms with van der Waals surface area (Å²) in [5, 5.41) is 14.5. The fraction of sp³-hybridized carbons (Fsp3) is 0.750. The van der Waals surface area contributed by atoms with E-state index in [-0.39, 0.29) is 6.10 Å². The molecule has 0 aromatic carbocycles. The molecule has 1 aromatic rings. The minimum Gasteiger partial charge on any atom is -0.493 e. The Bertz CT molecular complexity index is 374. The van der Waals surface area contributed by atoms with Crippen LogP contribution in [-0.4, -0.2) is 34.7 Å². The number of aliphatic hydroxyl groups excluding tert-OH is 1. The molecule has 1 heterocycles. The zero-order valence-corrected chi connectivity index (χ0v) is 10.6. The van der Waals surface area contributed by atoms with Crippen LogP contribution in [0.3, 0.4) is 0 Å². The highest BCUT2D eigenvalue weighted by Gasteiger charge is 2.39. The third-order valence-corrected chi connectivity index (χ3v) is 3.21. The average molecular weight is 240 g/mol. The largest absolute Gasteiger partial charge is 0.493 e. The summed E-state index contributed by atoms with van der Waals surface area (Å²) >= 11 is 0. The average Bonchev–Trinajstić information content (AvgIpc) is 3.08. The highest BCUT2D eigenvalue weighted by molar-refractivity contribution is 5.28. The molecule has 1 aliphatic rings. The van der Waals surface area contributed by atoms with Crippen molar-refractivity contribution in [1.29, 1.82) is 0 Å². The van der Waals surface area contributed by atoms with E-state index in [0.29, 0.717) is 24.0 Å². The number of hydrogen-bond acceptors (Lipinski definition) is 4. The lowest BCUT2D eigenvalue weighted by Gasteiger charge is -2.23. The molecule has 0 amide bonds. The Morgan fingerprint density at radius 3 is 2.82 bits per heavy atom.